The SMILES string of the molecule is CC1(C)CN(c2ccccn2)c2cc(Nc3nc(Cl)ncc3F)ccc2O1. The van der Waals surface area contributed by atoms with Crippen LogP contribution in [-0.4, -0.2) is 27.1 Å². The Morgan fingerprint density at radius 1 is 1.22 bits per heavy atom. The zero-order valence-corrected chi connectivity index (χ0v) is 15.5. The first-order valence-corrected chi connectivity index (χ1v) is 8.76. The molecule has 0 spiro atoms. The molecule has 6 nitrogen and oxygen atoms in total. The first kappa shape index (κ1) is 17.5. The molecule has 2 aromatic heterocycles. The Hall–Kier alpha value is -2.93. The number of benzene rings is 1. The van der Waals surface area contributed by atoms with Gasteiger partial charge in [-0.1, -0.05) is 6.07 Å². The number of hydrogen-bond acceptors (Lipinski definition) is 6. The van der Waals surface area contributed by atoms with Gasteiger partial charge in [-0.25, -0.2) is 14.4 Å². The summed E-state index contributed by atoms with van der Waals surface area (Å²) in [6, 6.07) is 11.3. The molecule has 0 amide bonds. The van der Waals surface area contributed by atoms with E-state index in [0.29, 0.717) is 12.2 Å². The summed E-state index contributed by atoms with van der Waals surface area (Å²) < 4.78 is 20.0. The van der Waals surface area contributed by atoms with Gasteiger partial charge in [0, 0.05) is 11.9 Å². The third-order valence-electron chi connectivity index (χ3n) is 4.08. The molecule has 1 N–H and O–H groups in total. The Morgan fingerprint density at radius 2 is 2.07 bits per heavy atom. The van der Waals surface area contributed by atoms with Gasteiger partial charge in [0.2, 0.25) is 5.28 Å². The van der Waals surface area contributed by atoms with Crippen molar-refractivity contribution in [3.63, 3.8) is 0 Å². The van der Waals surface area contributed by atoms with Crippen molar-refractivity contribution in [3.05, 3.63) is 59.9 Å². The summed E-state index contributed by atoms with van der Waals surface area (Å²) in [6.45, 7) is 4.67. The van der Waals surface area contributed by atoms with E-state index in [0.717, 1.165) is 23.5 Å². The van der Waals surface area contributed by atoms with Gasteiger partial charge in [0.1, 0.15) is 17.2 Å². The largest absolute Gasteiger partial charge is 0.484 e. The fraction of sp³-hybridized carbons (Fsp3) is 0.211. The van der Waals surface area contributed by atoms with Gasteiger partial charge >= 0.3 is 0 Å². The van der Waals surface area contributed by atoms with Crippen molar-refractivity contribution in [1.29, 1.82) is 0 Å². The van der Waals surface area contributed by atoms with Gasteiger partial charge in [0.05, 0.1) is 18.4 Å². The van der Waals surface area contributed by atoms with Gasteiger partial charge in [-0.05, 0) is 55.8 Å². The molecule has 0 saturated carbocycles. The van der Waals surface area contributed by atoms with Gasteiger partial charge in [-0.3, -0.25) is 0 Å². The van der Waals surface area contributed by atoms with Crippen LogP contribution in [0.15, 0.2) is 48.8 Å². The molecule has 8 heteroatoms. The summed E-state index contributed by atoms with van der Waals surface area (Å²) in [6.07, 6.45) is 2.78. The van der Waals surface area contributed by atoms with E-state index in [1.165, 1.54) is 0 Å². The fourth-order valence-electron chi connectivity index (χ4n) is 2.98. The quantitative estimate of drug-likeness (QED) is 0.658. The molecule has 0 aliphatic carbocycles. The van der Waals surface area contributed by atoms with E-state index in [-0.39, 0.29) is 16.7 Å². The van der Waals surface area contributed by atoms with Crippen LogP contribution in [0.3, 0.4) is 0 Å². The number of fused-ring (bicyclic) bond motifs is 1. The predicted octanol–water partition coefficient (Wildman–Crippen LogP) is 4.72. The summed E-state index contributed by atoms with van der Waals surface area (Å²) in [5.74, 6) is 0.958. The molecule has 0 atom stereocenters. The highest BCUT2D eigenvalue weighted by Gasteiger charge is 2.33. The third kappa shape index (κ3) is 3.64. The van der Waals surface area contributed by atoms with Gasteiger partial charge in [0.15, 0.2) is 11.6 Å². The molecule has 1 aromatic carbocycles. The number of rotatable bonds is 3. The number of ether oxygens (including phenoxy) is 1. The van der Waals surface area contributed by atoms with Crippen LogP contribution in [0.4, 0.5) is 27.4 Å². The van der Waals surface area contributed by atoms with E-state index < -0.39 is 5.82 Å². The van der Waals surface area contributed by atoms with Crippen LogP contribution < -0.4 is 15.0 Å². The normalized spacial score (nSPS) is 15.0. The van der Waals surface area contributed by atoms with Crippen molar-refractivity contribution < 1.29 is 9.13 Å². The molecule has 27 heavy (non-hydrogen) atoms. The molecular formula is C19H17ClFN5O. The average molecular weight is 386 g/mol. The van der Waals surface area contributed by atoms with Crippen molar-refractivity contribution in [3.8, 4) is 5.75 Å². The summed E-state index contributed by atoms with van der Waals surface area (Å²) in [5, 5.41) is 2.91. The zero-order chi connectivity index (χ0) is 19.0. The second-order valence-corrected chi connectivity index (χ2v) is 7.12. The first-order valence-electron chi connectivity index (χ1n) is 8.38. The number of hydrogen-bond donors (Lipinski definition) is 1. The number of halogens is 2. The maximum Gasteiger partial charge on any atom is 0.224 e. The molecule has 1 aliphatic rings. The van der Waals surface area contributed by atoms with E-state index in [9.17, 15) is 4.39 Å². The average Bonchev–Trinajstić information content (AvgIpc) is 2.64. The van der Waals surface area contributed by atoms with E-state index in [1.54, 1.807) is 12.3 Å². The van der Waals surface area contributed by atoms with Crippen LogP contribution in [0.1, 0.15) is 13.8 Å². The van der Waals surface area contributed by atoms with Crippen molar-refractivity contribution in [2.75, 3.05) is 16.8 Å². The molecule has 0 radical (unpaired) electrons. The van der Waals surface area contributed by atoms with Crippen LogP contribution in [0, 0.1) is 5.82 Å². The minimum atomic E-state index is -0.587. The molecule has 3 aromatic rings. The molecule has 4 rings (SSSR count). The monoisotopic (exact) mass is 385 g/mol. The van der Waals surface area contributed by atoms with Crippen LogP contribution in [0.25, 0.3) is 0 Å². The molecule has 0 saturated heterocycles. The van der Waals surface area contributed by atoms with Gasteiger partial charge in [0.25, 0.3) is 0 Å². The van der Waals surface area contributed by atoms with Gasteiger partial charge < -0.3 is 15.0 Å². The molecule has 3 heterocycles. The van der Waals surface area contributed by atoms with Crippen molar-refractivity contribution in [2.24, 2.45) is 0 Å². The summed E-state index contributed by atoms with van der Waals surface area (Å²) in [4.78, 5) is 14.0. The van der Waals surface area contributed by atoms with E-state index in [2.05, 4.69) is 25.2 Å². The number of pyridine rings is 1. The summed E-state index contributed by atoms with van der Waals surface area (Å²) >= 11 is 5.77. The maximum atomic E-state index is 13.9. The summed E-state index contributed by atoms with van der Waals surface area (Å²) in [7, 11) is 0. The fourth-order valence-corrected chi connectivity index (χ4v) is 3.11. The zero-order valence-electron chi connectivity index (χ0n) is 14.8. The Labute approximate surface area is 161 Å². The molecule has 0 unspecified atom stereocenters. The lowest BCUT2D eigenvalue weighted by Crippen LogP contribution is -2.45. The Kier molecular flexibility index (Phi) is 4.31. The lowest BCUT2D eigenvalue weighted by atomic mass is 10.0. The topological polar surface area (TPSA) is 63.2 Å². The highest BCUT2D eigenvalue weighted by molar-refractivity contribution is 6.28. The van der Waals surface area contributed by atoms with Crippen LogP contribution >= 0.6 is 11.6 Å². The van der Waals surface area contributed by atoms with Crippen LogP contribution in [0.5, 0.6) is 5.75 Å². The standard InChI is InChI=1S/C19H17ClFN5O/c1-19(2)11-26(16-5-3-4-8-22-16)14-9-12(6-7-15(14)27-19)24-17-13(21)10-23-18(20)25-17/h3-10H,11H2,1-2H3,(H,23,24,25). The Bertz CT molecular complexity index is 983. The Balaban J connectivity index is 1.74. The number of anilines is 4. The number of aromatic nitrogens is 3. The lowest BCUT2D eigenvalue weighted by molar-refractivity contribution is 0.109. The first-order chi connectivity index (χ1) is 12.9. The molecule has 138 valence electrons. The molecular weight excluding hydrogens is 369 g/mol. The van der Waals surface area contributed by atoms with E-state index in [1.807, 2.05) is 44.2 Å². The third-order valence-corrected chi connectivity index (χ3v) is 4.26. The van der Waals surface area contributed by atoms with Crippen LogP contribution in [0.2, 0.25) is 5.28 Å². The summed E-state index contributed by atoms with van der Waals surface area (Å²) in [5.41, 5.74) is 1.09. The molecule has 0 bridgehead atoms. The smallest absolute Gasteiger partial charge is 0.224 e. The highest BCUT2D eigenvalue weighted by Crippen LogP contribution is 2.42. The second-order valence-electron chi connectivity index (χ2n) is 6.78. The van der Waals surface area contributed by atoms with Gasteiger partial charge in [-0.2, -0.15) is 4.98 Å². The van der Waals surface area contributed by atoms with E-state index >= 15 is 0 Å². The van der Waals surface area contributed by atoms with Gasteiger partial charge in [-0.15, -0.1) is 0 Å². The minimum Gasteiger partial charge on any atom is -0.484 e. The van der Waals surface area contributed by atoms with Crippen molar-refractivity contribution in [1.82, 2.24) is 15.0 Å². The Morgan fingerprint density at radius 3 is 2.85 bits per heavy atom. The highest BCUT2D eigenvalue weighted by atomic mass is 35.5. The molecule has 0 fully saturated rings. The van der Waals surface area contributed by atoms with Crippen molar-refractivity contribution >= 4 is 34.6 Å². The number of nitrogens with one attached hydrogen (secondary N) is 1. The van der Waals surface area contributed by atoms with Crippen LogP contribution in [-0.2, 0) is 0 Å². The van der Waals surface area contributed by atoms with Crippen molar-refractivity contribution in [2.45, 2.75) is 19.4 Å². The maximum absolute atomic E-state index is 13.9. The predicted molar refractivity (Wildman–Crippen MR) is 103 cm³/mol. The second kappa shape index (κ2) is 6.66. The van der Waals surface area contributed by atoms with E-state index in [4.69, 9.17) is 16.3 Å². The lowest BCUT2D eigenvalue weighted by Gasteiger charge is -2.40. The minimum absolute atomic E-state index is 0.0105. The number of nitrogens with zero attached hydrogens (tertiary/aromatic N) is 4. The molecule has 1 aliphatic heterocycles.